The van der Waals surface area contributed by atoms with Crippen molar-refractivity contribution in [3.63, 3.8) is 0 Å². The van der Waals surface area contributed by atoms with Gasteiger partial charge in [-0.1, -0.05) is 41.7 Å². The largest absolute Gasteiger partial charge is 0.481 e. The van der Waals surface area contributed by atoms with Gasteiger partial charge in [-0.15, -0.1) is 11.3 Å². The summed E-state index contributed by atoms with van der Waals surface area (Å²) in [6, 6.07) is 11.1. The number of aliphatic carboxylic acids is 1. The Morgan fingerprint density at radius 2 is 1.97 bits per heavy atom. The van der Waals surface area contributed by atoms with Gasteiger partial charge in [0.2, 0.25) is 5.76 Å². The highest BCUT2D eigenvalue weighted by atomic mass is 32.2. The predicted octanol–water partition coefficient (Wildman–Crippen LogP) is 5.16. The van der Waals surface area contributed by atoms with Crippen LogP contribution in [0, 0.1) is 11.8 Å². The first-order valence-corrected chi connectivity index (χ1v) is 12.5. The number of carboxylic acids is 1. The standard InChI is InChI=1S/C25H16N4O5S2/c30-23(31)25(9-10-25)22-29-20-21(36-22)35-18(27-20)7-6-16-19(15-8-11-26-12-17(15)34-16)28-24(32)33-13-14-4-2-1-3-5-14/h1-5,8,11-12H,9-10,13H2,(H,28,32)(H,30,31). The van der Waals surface area contributed by atoms with Crippen LogP contribution in [-0.4, -0.2) is 32.1 Å². The Hall–Kier alpha value is -4.27. The number of carbonyl (C=O) groups is 2. The van der Waals surface area contributed by atoms with Gasteiger partial charge in [-0.2, -0.15) is 0 Å². The minimum atomic E-state index is -0.852. The van der Waals surface area contributed by atoms with Gasteiger partial charge in [-0.25, -0.2) is 14.8 Å². The van der Waals surface area contributed by atoms with Crippen molar-refractivity contribution in [2.24, 2.45) is 0 Å². The molecule has 0 spiro atoms. The second kappa shape index (κ2) is 8.75. The molecule has 0 radical (unpaired) electrons. The van der Waals surface area contributed by atoms with Gasteiger partial charge in [0.1, 0.15) is 26.7 Å². The van der Waals surface area contributed by atoms with Gasteiger partial charge in [-0.05, 0) is 36.3 Å². The van der Waals surface area contributed by atoms with Crippen LogP contribution in [0.2, 0.25) is 0 Å². The van der Waals surface area contributed by atoms with Crippen molar-refractivity contribution in [2.75, 3.05) is 5.32 Å². The summed E-state index contributed by atoms with van der Waals surface area (Å²) in [7, 11) is 0. The molecule has 4 aromatic heterocycles. The summed E-state index contributed by atoms with van der Waals surface area (Å²) in [5.74, 6) is 5.31. The second-order valence-electron chi connectivity index (χ2n) is 8.15. The first kappa shape index (κ1) is 22.2. The number of furan rings is 1. The molecule has 6 rings (SSSR count). The number of hydrogen-bond acceptors (Lipinski definition) is 9. The first-order valence-electron chi connectivity index (χ1n) is 10.9. The lowest BCUT2D eigenvalue weighted by Gasteiger charge is -2.06. The average Bonchev–Trinajstić information content (AvgIpc) is 3.32. The van der Waals surface area contributed by atoms with Crippen molar-refractivity contribution in [3.8, 4) is 11.8 Å². The summed E-state index contributed by atoms with van der Waals surface area (Å²) in [6.45, 7) is 0.124. The molecule has 4 heterocycles. The minimum Gasteiger partial charge on any atom is -0.481 e. The Labute approximate surface area is 211 Å². The maximum absolute atomic E-state index is 12.5. The number of carbonyl (C=O) groups excluding carboxylic acids is 1. The molecule has 1 saturated carbocycles. The minimum absolute atomic E-state index is 0.124. The van der Waals surface area contributed by atoms with Crippen molar-refractivity contribution in [1.29, 1.82) is 0 Å². The van der Waals surface area contributed by atoms with Crippen molar-refractivity contribution in [2.45, 2.75) is 24.9 Å². The van der Waals surface area contributed by atoms with E-state index >= 15 is 0 Å². The predicted molar refractivity (Wildman–Crippen MR) is 134 cm³/mol. The lowest BCUT2D eigenvalue weighted by molar-refractivity contribution is -0.140. The van der Waals surface area contributed by atoms with Crippen LogP contribution in [-0.2, 0) is 21.6 Å². The van der Waals surface area contributed by atoms with Crippen LogP contribution in [0.5, 0.6) is 0 Å². The van der Waals surface area contributed by atoms with E-state index in [4.69, 9.17) is 9.15 Å². The molecule has 0 bridgehead atoms. The van der Waals surface area contributed by atoms with Crippen molar-refractivity contribution in [3.05, 3.63) is 70.1 Å². The van der Waals surface area contributed by atoms with Crippen LogP contribution < -0.4 is 5.32 Å². The molecule has 36 heavy (non-hydrogen) atoms. The maximum atomic E-state index is 12.5. The number of hydrogen-bond donors (Lipinski definition) is 2. The fraction of sp³-hybridized carbons (Fsp3) is 0.160. The lowest BCUT2D eigenvalue weighted by Crippen LogP contribution is -2.18. The number of benzene rings is 1. The van der Waals surface area contributed by atoms with E-state index in [2.05, 4.69) is 32.1 Å². The van der Waals surface area contributed by atoms with Crippen LogP contribution >= 0.6 is 22.7 Å². The Kier molecular flexibility index (Phi) is 5.40. The molecule has 11 heteroatoms. The molecule has 1 aromatic carbocycles. The molecule has 1 amide bonds. The Morgan fingerprint density at radius 3 is 2.72 bits per heavy atom. The van der Waals surface area contributed by atoms with Crippen LogP contribution in [0.3, 0.4) is 0 Å². The third kappa shape index (κ3) is 4.06. The van der Waals surface area contributed by atoms with Crippen LogP contribution in [0.4, 0.5) is 10.5 Å². The highest BCUT2D eigenvalue weighted by Crippen LogP contribution is 2.51. The molecule has 1 fully saturated rings. The molecule has 9 nitrogen and oxygen atoms in total. The van der Waals surface area contributed by atoms with E-state index in [0.717, 1.165) is 9.58 Å². The van der Waals surface area contributed by atoms with E-state index in [9.17, 15) is 14.7 Å². The Bertz CT molecular complexity index is 1660. The summed E-state index contributed by atoms with van der Waals surface area (Å²) < 4.78 is 12.0. The fourth-order valence-corrected chi connectivity index (χ4v) is 5.89. The Morgan fingerprint density at radius 1 is 1.14 bits per heavy atom. The normalized spacial score (nSPS) is 13.8. The number of amides is 1. The van der Waals surface area contributed by atoms with Crippen LogP contribution in [0.25, 0.3) is 20.6 Å². The smallest absolute Gasteiger partial charge is 0.412 e. The number of thiazole rings is 2. The van der Waals surface area contributed by atoms with Gasteiger partial charge in [0.05, 0.1) is 6.20 Å². The van der Waals surface area contributed by atoms with Crippen molar-refractivity contribution < 1.29 is 23.8 Å². The summed E-state index contributed by atoms with van der Waals surface area (Å²) >= 11 is 2.69. The number of nitrogens with one attached hydrogen (secondary N) is 1. The van der Waals surface area contributed by atoms with E-state index in [1.54, 1.807) is 18.5 Å². The number of pyridine rings is 1. The summed E-state index contributed by atoms with van der Waals surface area (Å²) in [6.07, 6.45) is 3.69. The number of ether oxygens (including phenoxy) is 1. The van der Waals surface area contributed by atoms with Crippen LogP contribution in [0.15, 0.2) is 53.2 Å². The van der Waals surface area contributed by atoms with Gasteiger partial charge in [0, 0.05) is 11.6 Å². The van der Waals surface area contributed by atoms with Gasteiger partial charge in [-0.3, -0.25) is 15.1 Å². The van der Waals surface area contributed by atoms with E-state index in [-0.39, 0.29) is 12.4 Å². The summed E-state index contributed by atoms with van der Waals surface area (Å²) in [5, 5.41) is 14.0. The molecule has 0 unspecified atom stereocenters. The molecule has 0 atom stereocenters. The molecule has 1 aliphatic rings. The van der Waals surface area contributed by atoms with E-state index in [1.807, 2.05) is 30.3 Å². The first-order chi connectivity index (χ1) is 17.5. The van der Waals surface area contributed by atoms with Gasteiger partial charge in [0.15, 0.2) is 16.2 Å². The highest BCUT2D eigenvalue weighted by Gasteiger charge is 2.54. The lowest BCUT2D eigenvalue weighted by atomic mass is 10.1. The fourth-order valence-electron chi connectivity index (χ4n) is 3.68. The third-order valence-corrected chi connectivity index (χ3v) is 8.06. The van der Waals surface area contributed by atoms with Gasteiger partial charge < -0.3 is 14.3 Å². The number of carboxylic acid groups (broad SMARTS) is 1. The molecule has 178 valence electrons. The SMILES string of the molecule is O=C(Nc1c(C#Cc2nc3nc(C4(C(=O)O)CC4)sc3s2)oc2cnccc12)OCc1ccccc1. The molecule has 5 aromatic rings. The maximum Gasteiger partial charge on any atom is 0.412 e. The molecule has 1 aliphatic carbocycles. The molecule has 0 aliphatic heterocycles. The third-order valence-electron chi connectivity index (χ3n) is 5.76. The number of aromatic nitrogens is 3. The number of fused-ring (bicyclic) bond motifs is 2. The molecular formula is C25H16N4O5S2. The zero-order valence-electron chi connectivity index (χ0n) is 18.5. The monoisotopic (exact) mass is 516 g/mol. The molecule has 2 N–H and O–H groups in total. The Balaban J connectivity index is 1.25. The van der Waals surface area contributed by atoms with Crippen molar-refractivity contribution >= 4 is 61.1 Å². The number of nitrogens with zero attached hydrogens (tertiary/aromatic N) is 3. The topological polar surface area (TPSA) is 127 Å². The van der Waals surface area contributed by atoms with Gasteiger partial charge >= 0.3 is 12.1 Å². The summed E-state index contributed by atoms with van der Waals surface area (Å²) in [4.78, 5) is 37.0. The average molecular weight is 517 g/mol. The second-order valence-corrected chi connectivity index (χ2v) is 10.4. The van der Waals surface area contributed by atoms with Crippen molar-refractivity contribution in [1.82, 2.24) is 15.0 Å². The zero-order chi connectivity index (χ0) is 24.7. The van der Waals surface area contributed by atoms with E-state index in [1.165, 1.54) is 22.7 Å². The molecule has 0 saturated heterocycles. The summed E-state index contributed by atoms with van der Waals surface area (Å²) in [5.41, 5.74) is 1.36. The highest BCUT2D eigenvalue weighted by molar-refractivity contribution is 7.38. The van der Waals surface area contributed by atoms with Crippen LogP contribution in [0.1, 0.15) is 34.2 Å². The van der Waals surface area contributed by atoms with E-state index in [0.29, 0.717) is 45.2 Å². The molecular weight excluding hydrogens is 500 g/mol. The van der Waals surface area contributed by atoms with E-state index < -0.39 is 17.5 Å². The number of rotatable bonds is 5. The van der Waals surface area contributed by atoms with Gasteiger partial charge in [0.25, 0.3) is 0 Å². The number of anilines is 1. The zero-order valence-corrected chi connectivity index (χ0v) is 20.1. The quantitative estimate of drug-likeness (QED) is 0.307.